The number of rotatable bonds is 3. The standard InChI is InChI=1S/C23H24BrF3N6O2/c1-13-11-31(20-16-4-3-14(35-2)9-18(16)28-10-17(20)24)6-5-15(13)21(34)32-7-8-33-19(12-32)29-30-22(33)23(25,26)27/h3-4,9-10,13,15H,5-8,11-12H2,1-2H3/t13-,15+/m1/s1. The van der Waals surface area contributed by atoms with Crippen LogP contribution in [-0.4, -0.2) is 57.3 Å². The highest BCUT2D eigenvalue weighted by Gasteiger charge is 2.41. The lowest BCUT2D eigenvalue weighted by molar-refractivity contribution is -0.148. The first-order valence-corrected chi connectivity index (χ1v) is 12.1. The highest BCUT2D eigenvalue weighted by Crippen LogP contribution is 2.38. The van der Waals surface area contributed by atoms with Gasteiger partial charge in [0, 0.05) is 49.7 Å². The smallest absolute Gasteiger partial charge is 0.451 e. The second-order valence-electron chi connectivity index (χ2n) is 9.01. The van der Waals surface area contributed by atoms with E-state index >= 15 is 0 Å². The van der Waals surface area contributed by atoms with E-state index in [-0.39, 0.29) is 43.2 Å². The van der Waals surface area contributed by atoms with Crippen molar-refractivity contribution < 1.29 is 22.7 Å². The number of halogens is 4. The summed E-state index contributed by atoms with van der Waals surface area (Å²) in [5, 5.41) is 7.99. The molecule has 186 valence electrons. The number of ether oxygens (including phenoxy) is 1. The molecule has 0 saturated carbocycles. The van der Waals surface area contributed by atoms with Gasteiger partial charge in [-0.05, 0) is 40.4 Å². The highest BCUT2D eigenvalue weighted by molar-refractivity contribution is 9.10. The van der Waals surface area contributed by atoms with E-state index in [0.29, 0.717) is 19.5 Å². The van der Waals surface area contributed by atoms with Crippen LogP contribution in [0.25, 0.3) is 10.9 Å². The molecule has 2 aliphatic heterocycles. The summed E-state index contributed by atoms with van der Waals surface area (Å²) in [6.07, 6.45) is -2.14. The number of carbonyl (C=O) groups is 1. The number of methoxy groups -OCH3 is 1. The SMILES string of the molecule is COc1ccc2c(N3CC[C@H](C(=O)N4CCn5c(nnc5C(F)(F)F)C4)[C@H](C)C3)c(Br)cnc2c1. The average molecular weight is 553 g/mol. The Kier molecular flexibility index (Phi) is 6.10. The monoisotopic (exact) mass is 552 g/mol. The first-order chi connectivity index (χ1) is 16.7. The van der Waals surface area contributed by atoms with Gasteiger partial charge < -0.3 is 19.1 Å². The topological polar surface area (TPSA) is 76.4 Å². The Balaban J connectivity index is 1.31. The van der Waals surface area contributed by atoms with Crippen LogP contribution in [0.5, 0.6) is 5.75 Å². The third kappa shape index (κ3) is 4.32. The molecule has 0 unspecified atom stereocenters. The lowest BCUT2D eigenvalue weighted by Gasteiger charge is -2.40. The zero-order valence-corrected chi connectivity index (χ0v) is 20.8. The number of hydrogen-bond donors (Lipinski definition) is 0. The van der Waals surface area contributed by atoms with Crippen LogP contribution < -0.4 is 9.64 Å². The van der Waals surface area contributed by atoms with Crippen LogP contribution >= 0.6 is 15.9 Å². The van der Waals surface area contributed by atoms with Gasteiger partial charge in [0.15, 0.2) is 5.82 Å². The molecule has 5 rings (SSSR count). The van der Waals surface area contributed by atoms with Gasteiger partial charge in [0.1, 0.15) is 5.75 Å². The average Bonchev–Trinajstić information content (AvgIpc) is 3.27. The van der Waals surface area contributed by atoms with Crippen molar-refractivity contribution in [2.45, 2.75) is 32.6 Å². The Hall–Kier alpha value is -2.89. The van der Waals surface area contributed by atoms with Crippen molar-refractivity contribution in [3.05, 3.63) is 40.5 Å². The van der Waals surface area contributed by atoms with Crippen LogP contribution in [0.2, 0.25) is 0 Å². The number of alkyl halides is 3. The van der Waals surface area contributed by atoms with Crippen LogP contribution in [0, 0.1) is 11.8 Å². The third-order valence-electron chi connectivity index (χ3n) is 6.86. The zero-order valence-electron chi connectivity index (χ0n) is 19.2. The Morgan fingerprint density at radius 2 is 2.00 bits per heavy atom. The molecule has 0 bridgehead atoms. The second-order valence-corrected chi connectivity index (χ2v) is 9.86. The van der Waals surface area contributed by atoms with Gasteiger partial charge in [-0.15, -0.1) is 10.2 Å². The minimum Gasteiger partial charge on any atom is -0.497 e. The minimum atomic E-state index is -4.56. The van der Waals surface area contributed by atoms with Crippen molar-refractivity contribution >= 4 is 38.4 Å². The molecule has 0 spiro atoms. The van der Waals surface area contributed by atoms with Gasteiger partial charge in [-0.3, -0.25) is 9.78 Å². The molecule has 0 N–H and O–H groups in total. The van der Waals surface area contributed by atoms with E-state index in [9.17, 15) is 18.0 Å². The van der Waals surface area contributed by atoms with Gasteiger partial charge in [0.25, 0.3) is 0 Å². The minimum absolute atomic E-state index is 0.0373. The molecule has 12 heteroatoms. The van der Waals surface area contributed by atoms with Crippen molar-refractivity contribution in [3.63, 3.8) is 0 Å². The third-order valence-corrected chi connectivity index (χ3v) is 7.44. The number of amides is 1. The van der Waals surface area contributed by atoms with Gasteiger partial charge >= 0.3 is 6.18 Å². The number of pyridine rings is 1. The quantitative estimate of drug-likeness (QED) is 0.486. The normalized spacial score (nSPS) is 20.7. The summed E-state index contributed by atoms with van der Waals surface area (Å²) < 4.78 is 46.6. The van der Waals surface area contributed by atoms with E-state index in [1.807, 2.05) is 25.1 Å². The molecule has 0 radical (unpaired) electrons. The van der Waals surface area contributed by atoms with Gasteiger partial charge in [0.05, 0.1) is 29.3 Å². The Labute approximate surface area is 208 Å². The Morgan fingerprint density at radius 1 is 1.20 bits per heavy atom. The molecule has 35 heavy (non-hydrogen) atoms. The highest BCUT2D eigenvalue weighted by atomic mass is 79.9. The number of benzene rings is 1. The number of anilines is 1. The summed E-state index contributed by atoms with van der Waals surface area (Å²) in [5.74, 6) is -0.303. The van der Waals surface area contributed by atoms with E-state index in [4.69, 9.17) is 4.74 Å². The van der Waals surface area contributed by atoms with Crippen LogP contribution in [0.4, 0.5) is 18.9 Å². The molecular weight excluding hydrogens is 529 g/mol. The molecular formula is C23H24BrF3N6O2. The zero-order chi connectivity index (χ0) is 24.9. The number of piperidine rings is 1. The summed E-state index contributed by atoms with van der Waals surface area (Å²) in [5.41, 5.74) is 1.85. The van der Waals surface area contributed by atoms with E-state index in [0.717, 1.165) is 31.4 Å². The molecule has 2 atom stereocenters. The molecule has 1 aromatic carbocycles. The summed E-state index contributed by atoms with van der Waals surface area (Å²) in [6, 6.07) is 5.78. The number of aromatic nitrogens is 4. The first kappa shape index (κ1) is 23.8. The van der Waals surface area contributed by atoms with Gasteiger partial charge in [-0.2, -0.15) is 13.2 Å². The molecule has 1 amide bonds. The molecule has 2 aliphatic rings. The van der Waals surface area contributed by atoms with Crippen molar-refractivity contribution in [2.24, 2.45) is 11.8 Å². The van der Waals surface area contributed by atoms with Crippen molar-refractivity contribution in [1.29, 1.82) is 0 Å². The van der Waals surface area contributed by atoms with Crippen LogP contribution in [0.3, 0.4) is 0 Å². The molecule has 1 saturated heterocycles. The van der Waals surface area contributed by atoms with E-state index in [1.54, 1.807) is 18.2 Å². The number of carbonyl (C=O) groups excluding carboxylic acids is 1. The largest absolute Gasteiger partial charge is 0.497 e. The number of fused-ring (bicyclic) bond motifs is 2. The lowest BCUT2D eigenvalue weighted by Crippen LogP contribution is -2.49. The van der Waals surface area contributed by atoms with Gasteiger partial charge in [-0.1, -0.05) is 6.92 Å². The maximum absolute atomic E-state index is 13.4. The second kappa shape index (κ2) is 8.96. The maximum Gasteiger partial charge on any atom is 0.451 e. The summed E-state index contributed by atoms with van der Waals surface area (Å²) >= 11 is 3.64. The number of nitrogens with zero attached hydrogens (tertiary/aromatic N) is 6. The lowest BCUT2D eigenvalue weighted by atomic mass is 9.85. The fourth-order valence-electron chi connectivity index (χ4n) is 5.09. The van der Waals surface area contributed by atoms with Gasteiger partial charge in [-0.25, -0.2) is 0 Å². The predicted octanol–water partition coefficient (Wildman–Crippen LogP) is 4.12. The molecule has 2 aromatic heterocycles. The van der Waals surface area contributed by atoms with E-state index in [2.05, 4.69) is 36.0 Å². The fourth-order valence-corrected chi connectivity index (χ4v) is 5.66. The molecule has 4 heterocycles. The molecule has 8 nitrogen and oxygen atoms in total. The Bertz CT molecular complexity index is 1280. The van der Waals surface area contributed by atoms with Crippen LogP contribution in [0.1, 0.15) is 25.0 Å². The van der Waals surface area contributed by atoms with E-state index in [1.165, 1.54) is 0 Å². The van der Waals surface area contributed by atoms with Crippen molar-refractivity contribution in [3.8, 4) is 5.75 Å². The maximum atomic E-state index is 13.4. The van der Waals surface area contributed by atoms with Crippen LogP contribution in [-0.2, 0) is 24.1 Å². The summed E-state index contributed by atoms with van der Waals surface area (Å²) in [4.78, 5) is 21.7. The summed E-state index contributed by atoms with van der Waals surface area (Å²) in [6.45, 7) is 3.67. The first-order valence-electron chi connectivity index (χ1n) is 11.3. The summed E-state index contributed by atoms with van der Waals surface area (Å²) in [7, 11) is 1.62. The van der Waals surface area contributed by atoms with Crippen LogP contribution in [0.15, 0.2) is 28.9 Å². The predicted molar refractivity (Wildman–Crippen MR) is 126 cm³/mol. The molecule has 1 fully saturated rings. The van der Waals surface area contributed by atoms with Crippen molar-refractivity contribution in [2.75, 3.05) is 31.6 Å². The molecule has 3 aromatic rings. The van der Waals surface area contributed by atoms with Crippen molar-refractivity contribution in [1.82, 2.24) is 24.6 Å². The van der Waals surface area contributed by atoms with Gasteiger partial charge in [0.2, 0.25) is 11.7 Å². The van der Waals surface area contributed by atoms with E-state index < -0.39 is 12.0 Å². The Morgan fingerprint density at radius 3 is 2.71 bits per heavy atom. The molecule has 0 aliphatic carbocycles. The fraction of sp³-hybridized carbons (Fsp3) is 0.478. The number of hydrogen-bond acceptors (Lipinski definition) is 6.